The third-order valence-corrected chi connectivity index (χ3v) is 4.47. The first kappa shape index (κ1) is 15.0. The third kappa shape index (κ3) is 3.04. The monoisotopic (exact) mass is 274 g/mol. The summed E-state index contributed by atoms with van der Waals surface area (Å²) in [6, 6.07) is 2.56. The first-order chi connectivity index (χ1) is 9.54. The standard InChI is InChI=1S/C17H26N2O/c1-5-9-19-14(3)11-16(15(19)4)17(20)12-18-10-7-6-8-13(18)2/h5,11,13H,1,6-10,12H2,2-4H3. The number of allylic oxidation sites excluding steroid dienone is 1. The van der Waals surface area contributed by atoms with Crippen molar-refractivity contribution in [1.82, 2.24) is 9.47 Å². The highest BCUT2D eigenvalue weighted by Gasteiger charge is 2.23. The first-order valence-corrected chi connectivity index (χ1v) is 7.59. The number of carbonyl (C=O) groups excluding carboxylic acids is 1. The summed E-state index contributed by atoms with van der Waals surface area (Å²) in [6.45, 7) is 12.5. The number of aromatic nitrogens is 1. The molecule has 1 aliphatic heterocycles. The zero-order chi connectivity index (χ0) is 14.7. The van der Waals surface area contributed by atoms with E-state index < -0.39 is 0 Å². The Morgan fingerprint density at radius 2 is 2.20 bits per heavy atom. The summed E-state index contributed by atoms with van der Waals surface area (Å²) in [5, 5.41) is 0. The van der Waals surface area contributed by atoms with Gasteiger partial charge in [0.25, 0.3) is 0 Å². The fourth-order valence-corrected chi connectivity index (χ4v) is 3.16. The van der Waals surface area contributed by atoms with Gasteiger partial charge in [0, 0.05) is 29.5 Å². The molecule has 2 heterocycles. The molecule has 1 aromatic heterocycles. The number of hydrogen-bond donors (Lipinski definition) is 0. The summed E-state index contributed by atoms with van der Waals surface area (Å²) in [4.78, 5) is 14.9. The van der Waals surface area contributed by atoms with E-state index >= 15 is 0 Å². The van der Waals surface area contributed by atoms with Crippen LogP contribution >= 0.6 is 0 Å². The molecule has 3 heteroatoms. The molecule has 1 fully saturated rings. The van der Waals surface area contributed by atoms with Crippen LogP contribution < -0.4 is 0 Å². The van der Waals surface area contributed by atoms with Crippen LogP contribution in [0.3, 0.4) is 0 Å². The summed E-state index contributed by atoms with van der Waals surface area (Å²) in [5.41, 5.74) is 3.08. The molecule has 2 rings (SSSR count). The van der Waals surface area contributed by atoms with Gasteiger partial charge in [0.1, 0.15) is 0 Å². The van der Waals surface area contributed by atoms with E-state index in [9.17, 15) is 4.79 Å². The summed E-state index contributed by atoms with van der Waals surface area (Å²) in [6.07, 6.45) is 5.59. The SMILES string of the molecule is C=CCn1c(C)cc(C(=O)CN2CCCCC2C)c1C. The van der Waals surface area contributed by atoms with Crippen molar-refractivity contribution in [3.05, 3.63) is 35.7 Å². The summed E-state index contributed by atoms with van der Waals surface area (Å²) in [7, 11) is 0. The maximum atomic E-state index is 12.6. The molecule has 1 saturated heterocycles. The van der Waals surface area contributed by atoms with E-state index in [-0.39, 0.29) is 5.78 Å². The van der Waals surface area contributed by atoms with Crippen LogP contribution in [-0.2, 0) is 6.54 Å². The maximum absolute atomic E-state index is 12.6. The quantitative estimate of drug-likeness (QED) is 0.608. The number of ketones is 1. The summed E-state index contributed by atoms with van der Waals surface area (Å²) >= 11 is 0. The molecule has 0 saturated carbocycles. The predicted octanol–water partition coefficient (Wildman–Crippen LogP) is 3.35. The van der Waals surface area contributed by atoms with E-state index in [1.54, 1.807) is 0 Å². The predicted molar refractivity (Wildman–Crippen MR) is 83.3 cm³/mol. The van der Waals surface area contributed by atoms with Gasteiger partial charge in [-0.1, -0.05) is 12.5 Å². The lowest BCUT2D eigenvalue weighted by molar-refractivity contribution is 0.0859. The van der Waals surface area contributed by atoms with Crippen molar-refractivity contribution in [1.29, 1.82) is 0 Å². The molecule has 0 spiro atoms. The van der Waals surface area contributed by atoms with E-state index in [4.69, 9.17) is 0 Å². The van der Waals surface area contributed by atoms with E-state index in [1.165, 1.54) is 19.3 Å². The molecule has 0 radical (unpaired) electrons. The molecule has 1 aliphatic rings. The van der Waals surface area contributed by atoms with E-state index in [0.29, 0.717) is 12.6 Å². The van der Waals surface area contributed by atoms with E-state index in [2.05, 4.69) is 29.9 Å². The maximum Gasteiger partial charge on any atom is 0.178 e. The minimum atomic E-state index is 0.252. The van der Waals surface area contributed by atoms with Crippen LogP contribution in [0.2, 0.25) is 0 Å². The molecule has 110 valence electrons. The van der Waals surface area contributed by atoms with Crippen LogP contribution in [-0.4, -0.2) is 34.4 Å². The minimum absolute atomic E-state index is 0.252. The largest absolute Gasteiger partial charge is 0.345 e. The van der Waals surface area contributed by atoms with Crippen LogP contribution in [0.5, 0.6) is 0 Å². The van der Waals surface area contributed by atoms with Gasteiger partial charge in [-0.3, -0.25) is 9.69 Å². The van der Waals surface area contributed by atoms with Crippen molar-refractivity contribution in [2.75, 3.05) is 13.1 Å². The van der Waals surface area contributed by atoms with Crippen molar-refractivity contribution in [3.8, 4) is 0 Å². The number of piperidine rings is 1. The third-order valence-electron chi connectivity index (χ3n) is 4.47. The number of hydrogen-bond acceptors (Lipinski definition) is 2. The smallest absolute Gasteiger partial charge is 0.178 e. The fraction of sp³-hybridized carbons (Fsp3) is 0.588. The number of aryl methyl sites for hydroxylation is 1. The van der Waals surface area contributed by atoms with Gasteiger partial charge in [0.05, 0.1) is 6.54 Å². The van der Waals surface area contributed by atoms with Gasteiger partial charge in [-0.15, -0.1) is 6.58 Å². The fourth-order valence-electron chi connectivity index (χ4n) is 3.16. The highest BCUT2D eigenvalue weighted by molar-refractivity contribution is 5.99. The Labute approximate surface area is 122 Å². The molecule has 0 amide bonds. The molecule has 0 N–H and O–H groups in total. The van der Waals surface area contributed by atoms with Crippen molar-refractivity contribution < 1.29 is 4.79 Å². The summed E-state index contributed by atoms with van der Waals surface area (Å²) < 4.78 is 2.15. The molecular weight excluding hydrogens is 248 g/mol. The Kier molecular flexibility index (Phi) is 4.81. The minimum Gasteiger partial charge on any atom is -0.345 e. The van der Waals surface area contributed by atoms with Crippen LogP contribution in [0.15, 0.2) is 18.7 Å². The Bertz CT molecular complexity index is 501. The van der Waals surface area contributed by atoms with Crippen molar-refractivity contribution in [2.45, 2.75) is 52.6 Å². The van der Waals surface area contributed by atoms with Gasteiger partial charge in [-0.2, -0.15) is 0 Å². The average molecular weight is 274 g/mol. The molecule has 1 aromatic rings. The molecule has 0 aliphatic carbocycles. The summed E-state index contributed by atoms with van der Waals surface area (Å²) in [5.74, 6) is 0.252. The molecule has 3 nitrogen and oxygen atoms in total. The van der Waals surface area contributed by atoms with E-state index in [0.717, 1.165) is 30.0 Å². The van der Waals surface area contributed by atoms with Gasteiger partial charge in [0.2, 0.25) is 0 Å². The Morgan fingerprint density at radius 1 is 1.45 bits per heavy atom. The van der Waals surface area contributed by atoms with Gasteiger partial charge < -0.3 is 4.57 Å². The Morgan fingerprint density at radius 3 is 2.85 bits per heavy atom. The lowest BCUT2D eigenvalue weighted by atomic mass is 10.0. The number of Topliss-reactive ketones (excluding diaryl/α,β-unsaturated/α-hetero) is 1. The zero-order valence-electron chi connectivity index (χ0n) is 13.0. The molecular formula is C17H26N2O. The topological polar surface area (TPSA) is 25.2 Å². The Balaban J connectivity index is 2.13. The average Bonchev–Trinajstić information content (AvgIpc) is 2.70. The number of rotatable bonds is 5. The molecule has 20 heavy (non-hydrogen) atoms. The normalized spacial score (nSPS) is 20.1. The van der Waals surface area contributed by atoms with Gasteiger partial charge in [-0.25, -0.2) is 0 Å². The highest BCUT2D eigenvalue weighted by Crippen LogP contribution is 2.20. The van der Waals surface area contributed by atoms with Crippen molar-refractivity contribution >= 4 is 5.78 Å². The molecule has 0 aromatic carbocycles. The number of nitrogens with zero attached hydrogens (tertiary/aromatic N) is 2. The first-order valence-electron chi connectivity index (χ1n) is 7.59. The van der Waals surface area contributed by atoms with Crippen molar-refractivity contribution in [2.24, 2.45) is 0 Å². The van der Waals surface area contributed by atoms with Gasteiger partial charge in [-0.05, 0) is 46.2 Å². The lowest BCUT2D eigenvalue weighted by Gasteiger charge is -2.32. The zero-order valence-corrected chi connectivity index (χ0v) is 13.0. The number of carbonyl (C=O) groups is 1. The highest BCUT2D eigenvalue weighted by atomic mass is 16.1. The number of likely N-dealkylation sites (tertiary alicyclic amines) is 1. The van der Waals surface area contributed by atoms with Crippen LogP contribution in [0.1, 0.15) is 47.9 Å². The van der Waals surface area contributed by atoms with Crippen LogP contribution in [0.25, 0.3) is 0 Å². The van der Waals surface area contributed by atoms with E-state index in [1.807, 2.05) is 19.1 Å². The lowest BCUT2D eigenvalue weighted by Crippen LogP contribution is -2.40. The van der Waals surface area contributed by atoms with Crippen LogP contribution in [0, 0.1) is 13.8 Å². The molecule has 1 unspecified atom stereocenters. The Hall–Kier alpha value is -1.35. The second kappa shape index (κ2) is 6.40. The molecule has 0 bridgehead atoms. The van der Waals surface area contributed by atoms with Gasteiger partial charge >= 0.3 is 0 Å². The van der Waals surface area contributed by atoms with Gasteiger partial charge in [0.15, 0.2) is 5.78 Å². The second-order valence-electron chi connectivity index (χ2n) is 5.92. The second-order valence-corrected chi connectivity index (χ2v) is 5.92. The van der Waals surface area contributed by atoms with Crippen molar-refractivity contribution in [3.63, 3.8) is 0 Å². The van der Waals surface area contributed by atoms with Crippen LogP contribution in [0.4, 0.5) is 0 Å². The molecule has 1 atom stereocenters.